The minimum atomic E-state index is -0.0277. The summed E-state index contributed by atoms with van der Waals surface area (Å²) in [6, 6.07) is 0. The van der Waals surface area contributed by atoms with Crippen molar-refractivity contribution in [1.82, 2.24) is 9.97 Å². The Morgan fingerprint density at radius 1 is 1.25 bits per heavy atom. The van der Waals surface area contributed by atoms with Crippen LogP contribution in [0, 0.1) is 9.49 Å². The number of nitrogens with one attached hydrogen (secondary N) is 1. The molecule has 0 saturated heterocycles. The maximum absolute atomic E-state index is 5.49. The first-order chi connectivity index (χ1) is 9.53. The van der Waals surface area contributed by atoms with Crippen molar-refractivity contribution in [2.24, 2.45) is 5.92 Å². The molecule has 0 spiro atoms. The molecule has 0 amide bonds. The molecule has 20 heavy (non-hydrogen) atoms. The molecule has 1 aromatic rings. The average Bonchev–Trinajstić information content (AvgIpc) is 2.41. The molecule has 0 aliphatic rings. The fraction of sp³-hybridized carbons (Fsp3) is 0.733. The van der Waals surface area contributed by atoms with Gasteiger partial charge in [0.05, 0.1) is 9.26 Å². The molecule has 0 bridgehead atoms. The van der Waals surface area contributed by atoms with Gasteiger partial charge in [0.1, 0.15) is 11.9 Å². The summed E-state index contributed by atoms with van der Waals surface area (Å²) in [5.74, 6) is 2.32. The van der Waals surface area contributed by atoms with E-state index in [1.807, 2.05) is 0 Å². The molecule has 1 atom stereocenters. The molecule has 0 aromatic carbocycles. The van der Waals surface area contributed by atoms with E-state index in [1.54, 1.807) is 7.11 Å². The first-order valence-electron chi connectivity index (χ1n) is 7.36. The van der Waals surface area contributed by atoms with Gasteiger partial charge in [-0.15, -0.1) is 0 Å². The van der Waals surface area contributed by atoms with Gasteiger partial charge in [-0.2, -0.15) is 0 Å². The zero-order valence-electron chi connectivity index (χ0n) is 13.2. The molecule has 0 radical (unpaired) electrons. The van der Waals surface area contributed by atoms with Crippen LogP contribution < -0.4 is 5.32 Å². The average molecular weight is 391 g/mol. The van der Waals surface area contributed by atoms with Crippen molar-refractivity contribution < 1.29 is 4.74 Å². The second-order valence-corrected chi connectivity index (χ2v) is 6.43. The predicted molar refractivity (Wildman–Crippen MR) is 92.1 cm³/mol. The van der Waals surface area contributed by atoms with Gasteiger partial charge in [0.25, 0.3) is 0 Å². The zero-order valence-corrected chi connectivity index (χ0v) is 15.3. The Bertz CT molecular complexity index is 420. The molecule has 1 unspecified atom stereocenters. The van der Waals surface area contributed by atoms with Gasteiger partial charge >= 0.3 is 0 Å². The van der Waals surface area contributed by atoms with E-state index in [2.05, 4.69) is 60.6 Å². The highest BCUT2D eigenvalue weighted by molar-refractivity contribution is 14.1. The minimum absolute atomic E-state index is 0.0277. The number of nitrogens with zero attached hydrogens (tertiary/aromatic N) is 2. The van der Waals surface area contributed by atoms with Crippen molar-refractivity contribution in [3.63, 3.8) is 0 Å². The topological polar surface area (TPSA) is 47.0 Å². The number of hydrogen-bond donors (Lipinski definition) is 1. The van der Waals surface area contributed by atoms with E-state index < -0.39 is 0 Å². The van der Waals surface area contributed by atoms with E-state index in [-0.39, 0.29) is 6.10 Å². The maximum atomic E-state index is 5.49. The van der Waals surface area contributed by atoms with Crippen LogP contribution in [0.5, 0.6) is 0 Å². The van der Waals surface area contributed by atoms with Crippen LogP contribution in [-0.4, -0.2) is 23.6 Å². The molecule has 114 valence electrons. The van der Waals surface area contributed by atoms with E-state index in [9.17, 15) is 0 Å². The van der Waals surface area contributed by atoms with Gasteiger partial charge in [-0.25, -0.2) is 9.97 Å². The van der Waals surface area contributed by atoms with Gasteiger partial charge in [0, 0.05) is 13.7 Å². The third kappa shape index (κ3) is 4.84. The summed E-state index contributed by atoms with van der Waals surface area (Å²) in [6.45, 7) is 9.60. The van der Waals surface area contributed by atoms with E-state index in [0.29, 0.717) is 5.92 Å². The highest BCUT2D eigenvalue weighted by atomic mass is 127. The maximum Gasteiger partial charge on any atom is 0.159 e. The molecular formula is C15H26IN3O. The Labute approximate surface area is 136 Å². The number of aromatic nitrogens is 2. The van der Waals surface area contributed by atoms with Crippen LogP contribution in [0.2, 0.25) is 0 Å². The van der Waals surface area contributed by atoms with Gasteiger partial charge in [0.2, 0.25) is 0 Å². The summed E-state index contributed by atoms with van der Waals surface area (Å²) < 4.78 is 6.63. The number of ether oxygens (including phenoxy) is 1. The standard InChI is InChI=1S/C15H26IN3O/c1-6-8-17-15-13(16)11(9-10(3)4)18-14(19-15)12(7-2)20-5/h10,12H,6-9H2,1-5H3,(H,17,18,19). The highest BCUT2D eigenvalue weighted by Gasteiger charge is 2.18. The van der Waals surface area contributed by atoms with E-state index in [0.717, 1.165) is 46.7 Å². The summed E-state index contributed by atoms with van der Waals surface area (Å²) in [4.78, 5) is 9.40. The lowest BCUT2D eigenvalue weighted by molar-refractivity contribution is 0.0924. The second-order valence-electron chi connectivity index (χ2n) is 5.35. The van der Waals surface area contributed by atoms with Crippen molar-refractivity contribution >= 4 is 28.4 Å². The van der Waals surface area contributed by atoms with Crippen molar-refractivity contribution in [2.75, 3.05) is 19.0 Å². The van der Waals surface area contributed by atoms with E-state index in [4.69, 9.17) is 9.72 Å². The molecule has 0 aliphatic carbocycles. The quantitative estimate of drug-likeness (QED) is 0.675. The predicted octanol–water partition coefficient (Wildman–Crippen LogP) is 4.20. The second kappa shape index (κ2) is 8.77. The first-order valence-corrected chi connectivity index (χ1v) is 8.44. The molecule has 4 nitrogen and oxygen atoms in total. The molecule has 0 fully saturated rings. The number of halogens is 1. The van der Waals surface area contributed by atoms with Gasteiger partial charge in [-0.3, -0.25) is 0 Å². The van der Waals surface area contributed by atoms with Crippen molar-refractivity contribution in [3.05, 3.63) is 15.1 Å². The van der Waals surface area contributed by atoms with Gasteiger partial charge in [0.15, 0.2) is 5.82 Å². The number of rotatable bonds is 8. The Hall–Kier alpha value is -0.430. The molecule has 1 heterocycles. The van der Waals surface area contributed by atoms with Crippen LogP contribution in [0.25, 0.3) is 0 Å². The summed E-state index contributed by atoms with van der Waals surface area (Å²) in [6.07, 6.45) is 2.90. The lowest BCUT2D eigenvalue weighted by Gasteiger charge is -2.17. The summed E-state index contributed by atoms with van der Waals surface area (Å²) in [5, 5.41) is 3.41. The fourth-order valence-electron chi connectivity index (χ4n) is 1.99. The van der Waals surface area contributed by atoms with Crippen molar-refractivity contribution in [1.29, 1.82) is 0 Å². The normalized spacial score (nSPS) is 12.8. The SMILES string of the molecule is CCCNc1nc(C(CC)OC)nc(CC(C)C)c1I. The Morgan fingerprint density at radius 3 is 2.45 bits per heavy atom. The van der Waals surface area contributed by atoms with Crippen LogP contribution in [-0.2, 0) is 11.2 Å². The fourth-order valence-corrected chi connectivity index (χ4v) is 2.65. The Kier molecular flexibility index (Phi) is 7.72. The van der Waals surface area contributed by atoms with Crippen molar-refractivity contribution in [2.45, 2.75) is 53.1 Å². The van der Waals surface area contributed by atoms with Gasteiger partial charge in [-0.05, 0) is 47.8 Å². The first kappa shape index (κ1) is 17.6. The van der Waals surface area contributed by atoms with Gasteiger partial charge < -0.3 is 10.1 Å². The third-order valence-corrected chi connectivity index (χ3v) is 4.16. The van der Waals surface area contributed by atoms with E-state index >= 15 is 0 Å². The number of methoxy groups -OCH3 is 1. The van der Waals surface area contributed by atoms with Crippen LogP contribution in [0.15, 0.2) is 0 Å². The molecule has 0 aliphatic heterocycles. The van der Waals surface area contributed by atoms with Crippen LogP contribution in [0.4, 0.5) is 5.82 Å². The molecular weight excluding hydrogens is 365 g/mol. The summed E-state index contributed by atoms with van der Waals surface area (Å²) in [5.41, 5.74) is 1.12. The summed E-state index contributed by atoms with van der Waals surface area (Å²) in [7, 11) is 1.72. The zero-order chi connectivity index (χ0) is 15.1. The number of hydrogen-bond acceptors (Lipinski definition) is 4. The summed E-state index contributed by atoms with van der Waals surface area (Å²) >= 11 is 2.35. The van der Waals surface area contributed by atoms with Gasteiger partial charge in [-0.1, -0.05) is 27.7 Å². The smallest absolute Gasteiger partial charge is 0.159 e. The monoisotopic (exact) mass is 391 g/mol. The Balaban J connectivity index is 3.17. The highest BCUT2D eigenvalue weighted by Crippen LogP contribution is 2.25. The molecule has 1 aromatic heterocycles. The van der Waals surface area contributed by atoms with Crippen LogP contribution in [0.3, 0.4) is 0 Å². The lowest BCUT2D eigenvalue weighted by atomic mass is 10.1. The number of anilines is 1. The van der Waals surface area contributed by atoms with Crippen molar-refractivity contribution in [3.8, 4) is 0 Å². The van der Waals surface area contributed by atoms with Crippen LogP contribution >= 0.6 is 22.6 Å². The Morgan fingerprint density at radius 2 is 1.95 bits per heavy atom. The molecule has 1 N–H and O–H groups in total. The lowest BCUT2D eigenvalue weighted by Crippen LogP contribution is -2.15. The third-order valence-electron chi connectivity index (χ3n) is 3.02. The largest absolute Gasteiger partial charge is 0.373 e. The molecule has 1 rings (SSSR count). The van der Waals surface area contributed by atoms with Crippen LogP contribution in [0.1, 0.15) is 58.2 Å². The minimum Gasteiger partial charge on any atom is -0.373 e. The molecule has 5 heteroatoms. The molecule has 0 saturated carbocycles. The van der Waals surface area contributed by atoms with E-state index in [1.165, 1.54) is 0 Å².